The van der Waals surface area contributed by atoms with E-state index < -0.39 is 0 Å². The van der Waals surface area contributed by atoms with Crippen LogP contribution in [0.1, 0.15) is 32.3 Å². The molecule has 1 amide bonds. The first-order chi connectivity index (χ1) is 15.3. The van der Waals surface area contributed by atoms with E-state index in [2.05, 4.69) is 36.2 Å². The molecule has 170 valence electrons. The van der Waals surface area contributed by atoms with Gasteiger partial charge in [-0.1, -0.05) is 12.1 Å². The Labute approximate surface area is 193 Å². The fourth-order valence-electron chi connectivity index (χ4n) is 4.08. The molecule has 4 rings (SSSR count). The molecule has 1 aliphatic rings. The van der Waals surface area contributed by atoms with Crippen LogP contribution in [0.25, 0.3) is 20.8 Å². The first kappa shape index (κ1) is 22.7. The van der Waals surface area contributed by atoms with Crippen LogP contribution in [0.3, 0.4) is 0 Å². The number of fused-ring (bicyclic) bond motifs is 1. The Morgan fingerprint density at radius 2 is 2.09 bits per heavy atom. The number of thiazole rings is 1. The highest BCUT2D eigenvalue weighted by Crippen LogP contribution is 2.33. The van der Waals surface area contributed by atoms with Gasteiger partial charge in [0.05, 0.1) is 15.8 Å². The zero-order chi connectivity index (χ0) is 22.7. The maximum atomic E-state index is 12.5. The summed E-state index contributed by atoms with van der Waals surface area (Å²) in [7, 11) is 4.04. The highest BCUT2D eigenvalue weighted by molar-refractivity contribution is 7.21. The summed E-state index contributed by atoms with van der Waals surface area (Å²) < 4.78 is 12.9. The Bertz CT molecular complexity index is 1060. The summed E-state index contributed by atoms with van der Waals surface area (Å²) >= 11 is 1.68. The second kappa shape index (κ2) is 9.57. The van der Waals surface area contributed by atoms with Crippen LogP contribution < -0.4 is 10.1 Å². The minimum absolute atomic E-state index is 0.00129. The van der Waals surface area contributed by atoms with E-state index in [0.29, 0.717) is 13.2 Å². The van der Waals surface area contributed by atoms with Gasteiger partial charge in [0.15, 0.2) is 6.61 Å². The lowest BCUT2D eigenvalue weighted by Gasteiger charge is -2.35. The number of rotatable bonds is 7. The number of benzene rings is 2. The van der Waals surface area contributed by atoms with Gasteiger partial charge in [-0.2, -0.15) is 0 Å². The summed E-state index contributed by atoms with van der Waals surface area (Å²) in [5.74, 6) is 0.629. The molecule has 0 bridgehead atoms. The molecule has 3 aromatic rings. The van der Waals surface area contributed by atoms with Crippen LogP contribution in [-0.4, -0.2) is 54.7 Å². The lowest BCUT2D eigenvalue weighted by molar-refractivity contribution is -0.126. The summed E-state index contributed by atoms with van der Waals surface area (Å²) in [5.41, 5.74) is 2.90. The number of nitrogens with one attached hydrogen (secondary N) is 1. The summed E-state index contributed by atoms with van der Waals surface area (Å²) in [6.45, 7) is 5.49. The third kappa shape index (κ3) is 5.65. The molecule has 1 aliphatic heterocycles. The number of amides is 1. The van der Waals surface area contributed by atoms with Gasteiger partial charge in [0.2, 0.25) is 0 Å². The van der Waals surface area contributed by atoms with Gasteiger partial charge in [-0.15, -0.1) is 11.3 Å². The van der Waals surface area contributed by atoms with E-state index in [-0.39, 0.29) is 24.2 Å². The fourth-order valence-corrected chi connectivity index (χ4v) is 5.04. The highest BCUT2D eigenvalue weighted by Gasteiger charge is 2.29. The highest BCUT2D eigenvalue weighted by atomic mass is 32.1. The van der Waals surface area contributed by atoms with Crippen LogP contribution in [0.5, 0.6) is 5.75 Å². The van der Waals surface area contributed by atoms with Gasteiger partial charge in [0.25, 0.3) is 5.91 Å². The number of hydrogen-bond acceptors (Lipinski definition) is 6. The number of hydrogen-bond donors (Lipinski definition) is 1. The van der Waals surface area contributed by atoms with E-state index in [1.807, 2.05) is 44.4 Å². The maximum absolute atomic E-state index is 12.5. The molecule has 1 saturated heterocycles. The summed E-state index contributed by atoms with van der Waals surface area (Å²) in [5, 5.41) is 4.08. The third-order valence-electron chi connectivity index (χ3n) is 5.51. The number of carbonyl (C=O) groups excluding carboxylic acids is 1. The number of para-hydroxylation sites is 1. The monoisotopic (exact) mass is 453 g/mol. The smallest absolute Gasteiger partial charge is 0.258 e. The van der Waals surface area contributed by atoms with Crippen molar-refractivity contribution < 1.29 is 14.3 Å². The molecule has 32 heavy (non-hydrogen) atoms. The Kier molecular flexibility index (Phi) is 6.79. The van der Waals surface area contributed by atoms with Gasteiger partial charge >= 0.3 is 0 Å². The zero-order valence-electron chi connectivity index (χ0n) is 19.2. The van der Waals surface area contributed by atoms with E-state index >= 15 is 0 Å². The van der Waals surface area contributed by atoms with E-state index in [1.165, 1.54) is 4.70 Å². The van der Waals surface area contributed by atoms with Crippen molar-refractivity contribution in [3.05, 3.63) is 48.0 Å². The normalized spacial score (nSPS) is 18.1. The SMILES string of the molecule is CN(C)Cc1cc(-c2nc3ccccc3s2)ccc1OCC(=O)N[C@H]1CCOC(C)(C)C1. The van der Waals surface area contributed by atoms with Gasteiger partial charge < -0.3 is 19.7 Å². The van der Waals surface area contributed by atoms with Crippen LogP contribution in [0.2, 0.25) is 0 Å². The minimum atomic E-state index is -0.202. The second-order valence-electron chi connectivity index (χ2n) is 9.20. The van der Waals surface area contributed by atoms with Crippen molar-refractivity contribution in [2.45, 2.75) is 44.9 Å². The molecule has 1 fully saturated rings. The van der Waals surface area contributed by atoms with Crippen molar-refractivity contribution in [3.8, 4) is 16.3 Å². The summed E-state index contributed by atoms with van der Waals surface area (Å²) in [6, 6.07) is 14.4. The third-order valence-corrected chi connectivity index (χ3v) is 6.59. The van der Waals surface area contributed by atoms with Crippen molar-refractivity contribution >= 4 is 27.5 Å². The molecule has 0 aliphatic carbocycles. The number of aromatic nitrogens is 1. The van der Waals surface area contributed by atoms with E-state index in [0.717, 1.165) is 40.2 Å². The average molecular weight is 454 g/mol. The molecule has 1 N–H and O–H groups in total. The number of ether oxygens (including phenoxy) is 2. The van der Waals surface area contributed by atoms with Gasteiger partial charge in [0, 0.05) is 30.3 Å². The van der Waals surface area contributed by atoms with Gasteiger partial charge in [-0.25, -0.2) is 4.98 Å². The predicted octanol–water partition coefficient (Wildman–Crippen LogP) is 4.48. The predicted molar refractivity (Wildman–Crippen MR) is 129 cm³/mol. The molecular formula is C25H31N3O3S. The number of nitrogens with zero attached hydrogens (tertiary/aromatic N) is 2. The molecule has 6 nitrogen and oxygen atoms in total. The topological polar surface area (TPSA) is 63.7 Å². The van der Waals surface area contributed by atoms with E-state index in [4.69, 9.17) is 14.5 Å². The van der Waals surface area contributed by atoms with Gasteiger partial charge in [0.1, 0.15) is 10.8 Å². The summed E-state index contributed by atoms with van der Waals surface area (Å²) in [6.07, 6.45) is 1.64. The lowest BCUT2D eigenvalue weighted by Crippen LogP contribution is -2.47. The second-order valence-corrected chi connectivity index (χ2v) is 10.2. The van der Waals surface area contributed by atoms with E-state index in [9.17, 15) is 4.79 Å². The van der Waals surface area contributed by atoms with Crippen LogP contribution >= 0.6 is 11.3 Å². The molecular weight excluding hydrogens is 422 g/mol. The van der Waals surface area contributed by atoms with Crippen LogP contribution in [0, 0.1) is 0 Å². The molecule has 0 spiro atoms. The average Bonchev–Trinajstić information content (AvgIpc) is 3.16. The van der Waals surface area contributed by atoms with Crippen molar-refractivity contribution in [1.29, 1.82) is 0 Å². The van der Waals surface area contributed by atoms with Crippen LogP contribution in [-0.2, 0) is 16.1 Å². The maximum Gasteiger partial charge on any atom is 0.258 e. The Hall–Kier alpha value is -2.48. The first-order valence-corrected chi connectivity index (χ1v) is 11.8. The Balaban J connectivity index is 1.46. The van der Waals surface area contributed by atoms with Gasteiger partial charge in [-0.3, -0.25) is 4.79 Å². The quantitative estimate of drug-likeness (QED) is 0.572. The molecule has 2 aromatic carbocycles. The van der Waals surface area contributed by atoms with Gasteiger partial charge in [-0.05, 0) is 71.1 Å². The summed E-state index contributed by atoms with van der Waals surface area (Å²) in [4.78, 5) is 19.4. The first-order valence-electron chi connectivity index (χ1n) is 11.0. The standard InChI is InChI=1S/C25H31N3O3S/c1-25(2)14-19(11-12-31-25)26-23(29)16-30-21-10-9-17(13-18(21)15-28(3)4)24-27-20-7-5-6-8-22(20)32-24/h5-10,13,19H,11-12,14-16H2,1-4H3,(H,26,29)/t19-/m0/s1. The lowest BCUT2D eigenvalue weighted by atomic mass is 9.94. The largest absolute Gasteiger partial charge is 0.483 e. The van der Waals surface area contributed by atoms with E-state index in [1.54, 1.807) is 11.3 Å². The molecule has 1 atom stereocenters. The minimum Gasteiger partial charge on any atom is -0.483 e. The van der Waals surface area contributed by atoms with Crippen LogP contribution in [0.4, 0.5) is 0 Å². The molecule has 1 aromatic heterocycles. The number of carbonyl (C=O) groups is 1. The molecule has 2 heterocycles. The van der Waals surface area contributed by atoms with Crippen molar-refractivity contribution in [2.75, 3.05) is 27.3 Å². The van der Waals surface area contributed by atoms with Crippen molar-refractivity contribution in [2.24, 2.45) is 0 Å². The zero-order valence-corrected chi connectivity index (χ0v) is 20.0. The molecule has 7 heteroatoms. The van der Waals surface area contributed by atoms with Crippen molar-refractivity contribution in [3.63, 3.8) is 0 Å². The molecule has 0 unspecified atom stereocenters. The fraction of sp³-hybridized carbons (Fsp3) is 0.440. The van der Waals surface area contributed by atoms with Crippen LogP contribution in [0.15, 0.2) is 42.5 Å². The molecule has 0 saturated carbocycles. The van der Waals surface area contributed by atoms with Crippen molar-refractivity contribution in [1.82, 2.24) is 15.2 Å². The Morgan fingerprint density at radius 3 is 2.84 bits per heavy atom. The molecule has 0 radical (unpaired) electrons. The Morgan fingerprint density at radius 1 is 1.28 bits per heavy atom.